The Hall–Kier alpha value is -2.04. The first-order valence-electron chi connectivity index (χ1n) is 8.51. The van der Waals surface area contributed by atoms with Gasteiger partial charge in [0, 0.05) is 18.7 Å². The Morgan fingerprint density at radius 3 is 2.21 bits per heavy atom. The summed E-state index contributed by atoms with van der Waals surface area (Å²) in [5.41, 5.74) is 0.336. The Labute approximate surface area is 142 Å². The van der Waals surface area contributed by atoms with Gasteiger partial charge in [-0.25, -0.2) is 0 Å². The van der Waals surface area contributed by atoms with E-state index in [4.69, 9.17) is 9.84 Å². The van der Waals surface area contributed by atoms with Crippen LogP contribution in [0.1, 0.15) is 50.4 Å². The minimum Gasteiger partial charge on any atom is -0.488 e. The molecule has 1 aliphatic heterocycles. The fraction of sp³-hybridized carbons (Fsp3) is 0.579. The lowest BCUT2D eigenvalue weighted by Crippen LogP contribution is -2.40. The fourth-order valence-corrected chi connectivity index (χ4v) is 3.61. The highest BCUT2D eigenvalue weighted by Crippen LogP contribution is 2.59. The lowest BCUT2D eigenvalue weighted by atomic mass is 9.90. The molecule has 1 N–H and O–H groups in total. The molecule has 130 valence electrons. The Bertz CT molecular complexity index is 636. The third-order valence-corrected chi connectivity index (χ3v) is 5.06. The van der Waals surface area contributed by atoms with Crippen molar-refractivity contribution < 1.29 is 19.4 Å². The van der Waals surface area contributed by atoms with E-state index in [2.05, 4.69) is 0 Å². The number of ether oxygens (including phenoxy) is 1. The molecule has 2 fully saturated rings. The van der Waals surface area contributed by atoms with E-state index >= 15 is 0 Å². The highest BCUT2D eigenvalue weighted by Gasteiger charge is 2.59. The molecule has 1 spiro atoms. The van der Waals surface area contributed by atoms with Gasteiger partial charge in [-0.1, -0.05) is 0 Å². The summed E-state index contributed by atoms with van der Waals surface area (Å²) in [5, 5.41) is 9.14. The van der Waals surface area contributed by atoms with Gasteiger partial charge < -0.3 is 14.7 Å². The summed E-state index contributed by atoms with van der Waals surface area (Å²) in [4.78, 5) is 25.6. The number of rotatable bonds is 3. The summed E-state index contributed by atoms with van der Waals surface area (Å²) >= 11 is 0. The SMILES string of the molecule is CC(C)(C)Oc1ccc(C(=O)N2CCC3(CC2)CC3C(=O)O)cc1. The van der Waals surface area contributed by atoms with E-state index in [1.807, 2.05) is 37.8 Å². The number of aliphatic carboxylic acids is 1. The number of carbonyl (C=O) groups is 2. The molecular weight excluding hydrogens is 306 g/mol. The Morgan fingerprint density at radius 2 is 1.75 bits per heavy atom. The van der Waals surface area contributed by atoms with Crippen LogP contribution in [0.15, 0.2) is 24.3 Å². The number of hydrogen-bond donors (Lipinski definition) is 1. The molecule has 5 heteroatoms. The van der Waals surface area contributed by atoms with Crippen LogP contribution in [0.5, 0.6) is 5.75 Å². The number of nitrogens with zero attached hydrogens (tertiary/aromatic N) is 1. The average molecular weight is 331 g/mol. The maximum Gasteiger partial charge on any atom is 0.307 e. The lowest BCUT2D eigenvalue weighted by Gasteiger charge is -2.32. The normalized spacial score (nSPS) is 22.3. The summed E-state index contributed by atoms with van der Waals surface area (Å²) in [7, 11) is 0. The summed E-state index contributed by atoms with van der Waals surface area (Å²) in [5.74, 6) is -0.133. The second kappa shape index (κ2) is 5.80. The number of likely N-dealkylation sites (tertiary alicyclic amines) is 1. The molecular formula is C19H25NO4. The van der Waals surface area contributed by atoms with Crippen molar-refractivity contribution in [1.29, 1.82) is 0 Å². The number of benzene rings is 1. The van der Waals surface area contributed by atoms with Crippen molar-refractivity contribution >= 4 is 11.9 Å². The van der Waals surface area contributed by atoms with Gasteiger partial charge in [-0.2, -0.15) is 0 Å². The van der Waals surface area contributed by atoms with E-state index in [0.717, 1.165) is 25.0 Å². The van der Waals surface area contributed by atoms with Crippen molar-refractivity contribution in [2.75, 3.05) is 13.1 Å². The molecule has 1 aromatic rings. The van der Waals surface area contributed by atoms with Crippen LogP contribution in [0, 0.1) is 11.3 Å². The zero-order valence-corrected chi connectivity index (χ0v) is 14.5. The first-order chi connectivity index (χ1) is 11.2. The van der Waals surface area contributed by atoms with Gasteiger partial charge in [-0.05, 0) is 69.7 Å². The van der Waals surface area contributed by atoms with Crippen LogP contribution in [-0.2, 0) is 4.79 Å². The van der Waals surface area contributed by atoms with Gasteiger partial charge in [0.2, 0.25) is 0 Å². The molecule has 1 saturated carbocycles. The molecule has 3 rings (SSSR count). The van der Waals surface area contributed by atoms with Crippen molar-refractivity contribution in [3.8, 4) is 5.75 Å². The van der Waals surface area contributed by atoms with Crippen LogP contribution in [0.4, 0.5) is 0 Å². The van der Waals surface area contributed by atoms with Gasteiger partial charge in [-0.3, -0.25) is 9.59 Å². The molecule has 1 saturated heterocycles. The summed E-state index contributed by atoms with van der Waals surface area (Å²) in [6.07, 6.45) is 2.35. The van der Waals surface area contributed by atoms with E-state index < -0.39 is 5.97 Å². The summed E-state index contributed by atoms with van der Waals surface area (Å²) in [6.45, 7) is 7.24. The number of amides is 1. The van der Waals surface area contributed by atoms with Crippen molar-refractivity contribution in [1.82, 2.24) is 4.90 Å². The van der Waals surface area contributed by atoms with Crippen molar-refractivity contribution in [3.63, 3.8) is 0 Å². The van der Waals surface area contributed by atoms with Crippen LogP contribution in [0.2, 0.25) is 0 Å². The minimum atomic E-state index is -0.691. The Balaban J connectivity index is 1.59. The number of piperidine rings is 1. The van der Waals surface area contributed by atoms with Crippen molar-refractivity contribution in [2.24, 2.45) is 11.3 Å². The maximum atomic E-state index is 12.6. The van der Waals surface area contributed by atoms with E-state index in [1.54, 1.807) is 12.1 Å². The quantitative estimate of drug-likeness (QED) is 0.924. The second-order valence-electron chi connectivity index (χ2n) is 7.99. The average Bonchev–Trinajstić information content (AvgIpc) is 3.21. The van der Waals surface area contributed by atoms with E-state index in [9.17, 15) is 9.59 Å². The molecule has 24 heavy (non-hydrogen) atoms. The molecule has 1 heterocycles. The van der Waals surface area contributed by atoms with Crippen LogP contribution >= 0.6 is 0 Å². The van der Waals surface area contributed by atoms with Crippen LogP contribution in [-0.4, -0.2) is 40.6 Å². The molecule has 0 bridgehead atoms. The molecule has 2 aliphatic rings. The van der Waals surface area contributed by atoms with Gasteiger partial charge in [0.15, 0.2) is 0 Å². The minimum absolute atomic E-state index is 0.0136. The molecule has 1 aliphatic carbocycles. The molecule has 5 nitrogen and oxygen atoms in total. The number of carboxylic acids is 1. The fourth-order valence-electron chi connectivity index (χ4n) is 3.61. The Morgan fingerprint density at radius 1 is 1.17 bits per heavy atom. The number of carboxylic acid groups (broad SMARTS) is 1. The van der Waals surface area contributed by atoms with Gasteiger partial charge in [-0.15, -0.1) is 0 Å². The predicted octanol–water partition coefficient (Wildman–Crippen LogP) is 3.19. The first-order valence-corrected chi connectivity index (χ1v) is 8.51. The lowest BCUT2D eigenvalue weighted by molar-refractivity contribution is -0.139. The summed E-state index contributed by atoms with van der Waals surface area (Å²) < 4.78 is 5.77. The Kier molecular flexibility index (Phi) is 4.06. The van der Waals surface area contributed by atoms with Crippen molar-refractivity contribution in [2.45, 2.75) is 45.6 Å². The third-order valence-electron chi connectivity index (χ3n) is 5.06. The van der Waals surface area contributed by atoms with E-state index in [0.29, 0.717) is 18.7 Å². The topological polar surface area (TPSA) is 66.8 Å². The van der Waals surface area contributed by atoms with Gasteiger partial charge in [0.05, 0.1) is 5.92 Å². The zero-order valence-electron chi connectivity index (χ0n) is 14.5. The van der Waals surface area contributed by atoms with Gasteiger partial charge in [0.25, 0.3) is 5.91 Å². The summed E-state index contributed by atoms with van der Waals surface area (Å²) in [6, 6.07) is 7.24. The standard InChI is InChI=1S/C19H25NO4/c1-18(2,3)24-14-6-4-13(5-7-14)16(21)20-10-8-19(9-11-20)12-15(19)17(22)23/h4-7,15H,8-12H2,1-3H3,(H,22,23). The van der Waals surface area contributed by atoms with Gasteiger partial charge in [0.1, 0.15) is 11.4 Å². The monoisotopic (exact) mass is 331 g/mol. The van der Waals surface area contributed by atoms with Gasteiger partial charge >= 0.3 is 5.97 Å². The van der Waals surface area contributed by atoms with E-state index in [1.165, 1.54) is 0 Å². The molecule has 1 atom stereocenters. The molecule has 0 radical (unpaired) electrons. The third kappa shape index (κ3) is 3.40. The highest BCUT2D eigenvalue weighted by molar-refractivity contribution is 5.94. The second-order valence-corrected chi connectivity index (χ2v) is 7.99. The van der Waals surface area contributed by atoms with Crippen LogP contribution in [0.3, 0.4) is 0 Å². The molecule has 1 aromatic carbocycles. The maximum absolute atomic E-state index is 12.6. The van der Waals surface area contributed by atoms with E-state index in [-0.39, 0.29) is 22.8 Å². The zero-order chi connectivity index (χ0) is 17.5. The van der Waals surface area contributed by atoms with Crippen LogP contribution < -0.4 is 4.74 Å². The van der Waals surface area contributed by atoms with Crippen molar-refractivity contribution in [3.05, 3.63) is 29.8 Å². The molecule has 1 unspecified atom stereocenters. The number of carbonyl (C=O) groups excluding carboxylic acids is 1. The van der Waals surface area contributed by atoms with Crippen LogP contribution in [0.25, 0.3) is 0 Å². The largest absolute Gasteiger partial charge is 0.488 e. The molecule has 0 aromatic heterocycles. The first kappa shape index (κ1) is 16.8. The highest BCUT2D eigenvalue weighted by atomic mass is 16.5. The smallest absolute Gasteiger partial charge is 0.307 e. The molecule has 1 amide bonds. The number of hydrogen-bond acceptors (Lipinski definition) is 3. The predicted molar refractivity (Wildman–Crippen MR) is 90.1 cm³/mol.